The van der Waals surface area contributed by atoms with Crippen LogP contribution in [0.25, 0.3) is 0 Å². The van der Waals surface area contributed by atoms with Crippen LogP contribution in [0.15, 0.2) is 47.1 Å². The molecule has 4 aliphatic carbocycles. The number of hydrogen-bond acceptors (Lipinski definition) is 4. The summed E-state index contributed by atoms with van der Waals surface area (Å²) in [6, 6.07) is 9.59. The van der Waals surface area contributed by atoms with Gasteiger partial charge in [-0.05, 0) is 98.6 Å². The average Bonchev–Trinajstić information content (AvgIpc) is 3.09. The first kappa shape index (κ1) is 25.0. The number of nitrogens with zero attached hydrogens (tertiary/aromatic N) is 1. The first-order chi connectivity index (χ1) is 17.8. The van der Waals surface area contributed by atoms with Crippen molar-refractivity contribution in [3.8, 4) is 11.8 Å². The minimum atomic E-state index is -0.970. The molecule has 0 aromatic heterocycles. The molecule has 1 N–H and O–H groups in total. The number of allylic oxidation sites excluding steroid dienone is 4. The highest BCUT2D eigenvalue weighted by atomic mass is 16.5. The van der Waals surface area contributed by atoms with E-state index in [9.17, 15) is 9.90 Å². The third-order valence-corrected chi connectivity index (χ3v) is 10.6. The van der Waals surface area contributed by atoms with Crippen molar-refractivity contribution in [2.24, 2.45) is 23.2 Å². The molecule has 37 heavy (non-hydrogen) atoms. The Morgan fingerprint density at radius 1 is 1.14 bits per heavy atom. The van der Waals surface area contributed by atoms with Gasteiger partial charge in [-0.1, -0.05) is 37.5 Å². The molecule has 1 aromatic carbocycles. The van der Waals surface area contributed by atoms with E-state index >= 15 is 0 Å². The fraction of sp³-hybridized carbons (Fsp3) is 0.606. The lowest BCUT2D eigenvalue weighted by atomic mass is 9.51. The Morgan fingerprint density at radius 3 is 2.65 bits per heavy atom. The van der Waals surface area contributed by atoms with E-state index in [1.807, 2.05) is 13.0 Å². The standard InChI is InChI=1S/C33H41NO3/c1-5-14-33(36)21(2)17-30-28-12-8-24-18-26(35)11-13-27(24)31(28)29(19-32(30,33)4)23-6-9-25(10-7-23)34-15-16-37-20-22(34)3/h6-7,9-10,18,21-22,28-30,36H,8,11-13,15-17,19-20H2,1-4H3/t21-,22-,28+,29-,30+,32+,33+/m1/s1. The van der Waals surface area contributed by atoms with E-state index in [0.29, 0.717) is 24.3 Å². The van der Waals surface area contributed by atoms with E-state index in [2.05, 4.69) is 61.8 Å². The lowest BCUT2D eigenvalue weighted by molar-refractivity contribution is -0.114. The summed E-state index contributed by atoms with van der Waals surface area (Å²) < 4.78 is 5.66. The minimum Gasteiger partial charge on any atom is -0.377 e. The summed E-state index contributed by atoms with van der Waals surface area (Å²) in [5, 5.41) is 12.1. The van der Waals surface area contributed by atoms with Crippen molar-refractivity contribution in [1.29, 1.82) is 0 Å². The molecule has 4 heteroatoms. The van der Waals surface area contributed by atoms with Gasteiger partial charge in [0.15, 0.2) is 5.78 Å². The molecule has 0 radical (unpaired) electrons. The van der Waals surface area contributed by atoms with E-state index in [1.54, 1.807) is 5.57 Å². The predicted octanol–water partition coefficient (Wildman–Crippen LogP) is 5.81. The molecule has 1 saturated heterocycles. The highest BCUT2D eigenvalue weighted by molar-refractivity contribution is 5.93. The summed E-state index contributed by atoms with van der Waals surface area (Å²) in [7, 11) is 0. The molecular formula is C33H41NO3. The Labute approximate surface area is 222 Å². The molecule has 0 spiro atoms. The van der Waals surface area contributed by atoms with Crippen LogP contribution in [0.2, 0.25) is 0 Å². The number of carbonyl (C=O) groups is 1. The molecule has 7 atom stereocenters. The molecule has 3 fully saturated rings. The monoisotopic (exact) mass is 499 g/mol. The summed E-state index contributed by atoms with van der Waals surface area (Å²) >= 11 is 0. The molecule has 1 heterocycles. The Hall–Kier alpha value is -2.35. The second kappa shape index (κ2) is 9.14. The van der Waals surface area contributed by atoms with Gasteiger partial charge in [0.25, 0.3) is 0 Å². The summed E-state index contributed by atoms with van der Waals surface area (Å²) in [5.41, 5.74) is 5.66. The molecule has 4 nitrogen and oxygen atoms in total. The molecule has 0 amide bonds. The molecule has 0 bridgehead atoms. The number of carbonyl (C=O) groups excluding carboxylic acids is 1. The smallest absolute Gasteiger partial charge is 0.156 e. The second-order valence-corrected chi connectivity index (χ2v) is 12.5. The summed E-state index contributed by atoms with van der Waals surface area (Å²) in [6.45, 7) is 11.1. The number of rotatable bonds is 2. The van der Waals surface area contributed by atoms with Crippen LogP contribution in [0.3, 0.4) is 0 Å². The third-order valence-electron chi connectivity index (χ3n) is 10.6. The largest absolute Gasteiger partial charge is 0.377 e. The van der Waals surface area contributed by atoms with Crippen LogP contribution < -0.4 is 4.90 Å². The molecule has 1 aliphatic heterocycles. The van der Waals surface area contributed by atoms with E-state index < -0.39 is 5.60 Å². The molecule has 0 unspecified atom stereocenters. The molecular weight excluding hydrogens is 458 g/mol. The first-order valence-corrected chi connectivity index (χ1v) is 14.3. The van der Waals surface area contributed by atoms with Gasteiger partial charge in [0.05, 0.1) is 13.2 Å². The number of ketones is 1. The fourth-order valence-corrected chi connectivity index (χ4v) is 8.76. The quantitative estimate of drug-likeness (QED) is 0.522. The zero-order valence-corrected chi connectivity index (χ0v) is 22.8. The number of fused-ring (bicyclic) bond motifs is 4. The Bertz CT molecular complexity index is 1220. The number of ether oxygens (including phenoxy) is 1. The van der Waals surface area contributed by atoms with Crippen LogP contribution in [0.1, 0.15) is 77.7 Å². The fourth-order valence-electron chi connectivity index (χ4n) is 8.76. The number of morpholine rings is 1. The summed E-state index contributed by atoms with van der Waals surface area (Å²) in [4.78, 5) is 14.8. The SMILES string of the molecule is CC#C[C@]1(O)[C@H](C)C[C@H]2[C@@H]3CCC4=CC(=O)CCC4=C3[C@@H](c3ccc(N4CCOC[C@H]4C)cc3)C[C@@]21C. The highest BCUT2D eigenvalue weighted by Gasteiger charge is 2.65. The maximum Gasteiger partial charge on any atom is 0.156 e. The number of hydrogen-bond donors (Lipinski definition) is 1. The molecule has 1 aromatic rings. The zero-order chi connectivity index (χ0) is 25.9. The van der Waals surface area contributed by atoms with Crippen molar-refractivity contribution >= 4 is 11.5 Å². The van der Waals surface area contributed by atoms with Crippen LogP contribution >= 0.6 is 0 Å². The van der Waals surface area contributed by atoms with E-state index in [4.69, 9.17) is 4.74 Å². The maximum absolute atomic E-state index is 12.3. The normalized spacial score (nSPS) is 39.3. The summed E-state index contributed by atoms with van der Waals surface area (Å²) in [6.07, 6.45) is 7.40. The van der Waals surface area contributed by atoms with Crippen LogP contribution in [-0.2, 0) is 9.53 Å². The number of anilines is 1. The Morgan fingerprint density at radius 2 is 1.92 bits per heavy atom. The molecule has 5 aliphatic rings. The van der Waals surface area contributed by atoms with Gasteiger partial charge in [-0.2, -0.15) is 0 Å². The van der Waals surface area contributed by atoms with Crippen molar-refractivity contribution in [3.63, 3.8) is 0 Å². The zero-order valence-electron chi connectivity index (χ0n) is 22.8. The van der Waals surface area contributed by atoms with Crippen LogP contribution in [0.4, 0.5) is 5.69 Å². The lowest BCUT2D eigenvalue weighted by Gasteiger charge is -2.54. The molecule has 6 rings (SSSR count). The van der Waals surface area contributed by atoms with Crippen molar-refractivity contribution in [3.05, 3.63) is 52.6 Å². The minimum absolute atomic E-state index is 0.148. The Balaban J connectivity index is 1.46. The van der Waals surface area contributed by atoms with Gasteiger partial charge in [0, 0.05) is 36.0 Å². The van der Waals surface area contributed by atoms with Crippen molar-refractivity contribution < 1.29 is 14.6 Å². The number of aliphatic hydroxyl groups is 1. The third kappa shape index (κ3) is 3.76. The van der Waals surface area contributed by atoms with Crippen molar-refractivity contribution in [2.75, 3.05) is 24.7 Å². The van der Waals surface area contributed by atoms with Gasteiger partial charge >= 0.3 is 0 Å². The maximum atomic E-state index is 12.3. The van der Waals surface area contributed by atoms with Gasteiger partial charge in [-0.25, -0.2) is 0 Å². The molecule has 2 saturated carbocycles. The van der Waals surface area contributed by atoms with Crippen molar-refractivity contribution in [1.82, 2.24) is 0 Å². The van der Waals surface area contributed by atoms with Gasteiger partial charge in [-0.15, -0.1) is 5.92 Å². The van der Waals surface area contributed by atoms with Gasteiger partial charge < -0.3 is 14.7 Å². The van der Waals surface area contributed by atoms with Crippen LogP contribution in [-0.4, -0.2) is 42.3 Å². The summed E-state index contributed by atoms with van der Waals surface area (Å²) in [5.74, 6) is 7.93. The van der Waals surface area contributed by atoms with E-state index in [0.717, 1.165) is 51.9 Å². The van der Waals surface area contributed by atoms with Gasteiger partial charge in [-0.3, -0.25) is 4.79 Å². The van der Waals surface area contributed by atoms with E-state index in [-0.39, 0.29) is 23.0 Å². The van der Waals surface area contributed by atoms with Gasteiger partial charge in [0.2, 0.25) is 0 Å². The predicted molar refractivity (Wildman–Crippen MR) is 147 cm³/mol. The first-order valence-electron chi connectivity index (χ1n) is 14.3. The van der Waals surface area contributed by atoms with Crippen LogP contribution in [0.5, 0.6) is 0 Å². The van der Waals surface area contributed by atoms with Gasteiger partial charge in [0.1, 0.15) is 5.60 Å². The topological polar surface area (TPSA) is 49.8 Å². The second-order valence-electron chi connectivity index (χ2n) is 12.5. The average molecular weight is 500 g/mol. The molecule has 196 valence electrons. The van der Waals surface area contributed by atoms with E-state index in [1.165, 1.54) is 22.4 Å². The lowest BCUT2D eigenvalue weighted by Crippen LogP contribution is -2.52. The van der Waals surface area contributed by atoms with Crippen molar-refractivity contribution in [2.45, 2.75) is 83.8 Å². The van der Waals surface area contributed by atoms with Crippen LogP contribution in [0, 0.1) is 35.0 Å². The highest BCUT2D eigenvalue weighted by Crippen LogP contribution is 2.68. The number of benzene rings is 1. The Kier molecular flexibility index (Phi) is 6.16.